The highest BCUT2D eigenvalue weighted by Crippen LogP contribution is 2.31. The summed E-state index contributed by atoms with van der Waals surface area (Å²) < 4.78 is 39.7. The van der Waals surface area contributed by atoms with Crippen molar-refractivity contribution in [1.82, 2.24) is 5.32 Å². The molecule has 0 spiro atoms. The summed E-state index contributed by atoms with van der Waals surface area (Å²) in [6.45, 7) is 0.529. The molecule has 1 heterocycles. The number of halogens is 3. The Labute approximate surface area is 108 Å². The van der Waals surface area contributed by atoms with Crippen LogP contribution in [0.3, 0.4) is 0 Å². The molecule has 1 aromatic rings. The van der Waals surface area contributed by atoms with E-state index in [0.717, 1.165) is 6.07 Å². The number of hydrogen-bond donors (Lipinski definition) is 2. The predicted octanol–water partition coefficient (Wildman–Crippen LogP) is 2.62. The number of aliphatic carboxylic acids is 1. The van der Waals surface area contributed by atoms with Gasteiger partial charge in [0.2, 0.25) is 0 Å². The van der Waals surface area contributed by atoms with Gasteiger partial charge in [0.25, 0.3) is 0 Å². The third-order valence-corrected chi connectivity index (χ3v) is 3.39. The Kier molecular flexibility index (Phi) is 4.09. The van der Waals surface area contributed by atoms with Crippen molar-refractivity contribution in [3.05, 3.63) is 35.1 Å². The normalized spacial score (nSPS) is 23.3. The molecule has 1 aromatic carbocycles. The van der Waals surface area contributed by atoms with E-state index in [1.165, 1.54) is 0 Å². The molecule has 1 aliphatic rings. The molecule has 19 heavy (non-hydrogen) atoms. The van der Waals surface area contributed by atoms with Gasteiger partial charge in [0.1, 0.15) is 5.82 Å². The first-order valence-electron chi connectivity index (χ1n) is 6.07. The number of piperidine rings is 1. The van der Waals surface area contributed by atoms with E-state index in [1.54, 1.807) is 0 Å². The van der Waals surface area contributed by atoms with Gasteiger partial charge in [-0.25, -0.2) is 13.2 Å². The zero-order valence-electron chi connectivity index (χ0n) is 10.1. The minimum Gasteiger partial charge on any atom is -0.481 e. The maximum Gasteiger partial charge on any atom is 0.303 e. The summed E-state index contributed by atoms with van der Waals surface area (Å²) in [6.07, 6.45) is 1.08. The van der Waals surface area contributed by atoms with Crippen LogP contribution >= 0.6 is 0 Å². The van der Waals surface area contributed by atoms with Gasteiger partial charge in [0.05, 0.1) is 0 Å². The fourth-order valence-electron chi connectivity index (χ4n) is 2.47. The van der Waals surface area contributed by atoms with Crippen LogP contribution in [0.5, 0.6) is 0 Å². The molecule has 3 nitrogen and oxygen atoms in total. The summed E-state index contributed by atoms with van der Waals surface area (Å²) in [4.78, 5) is 10.7. The Balaban J connectivity index is 2.17. The largest absolute Gasteiger partial charge is 0.481 e. The van der Waals surface area contributed by atoms with Crippen LogP contribution in [0.25, 0.3) is 0 Å². The molecule has 0 amide bonds. The quantitative estimate of drug-likeness (QED) is 0.832. The van der Waals surface area contributed by atoms with Crippen molar-refractivity contribution in [2.24, 2.45) is 5.92 Å². The van der Waals surface area contributed by atoms with Crippen molar-refractivity contribution < 1.29 is 23.1 Å². The molecular weight excluding hydrogens is 259 g/mol. The van der Waals surface area contributed by atoms with Gasteiger partial charge in [-0.05, 0) is 31.4 Å². The van der Waals surface area contributed by atoms with Gasteiger partial charge >= 0.3 is 5.97 Å². The van der Waals surface area contributed by atoms with Gasteiger partial charge in [-0.15, -0.1) is 0 Å². The second kappa shape index (κ2) is 5.61. The third-order valence-electron chi connectivity index (χ3n) is 3.39. The molecule has 0 aliphatic carbocycles. The van der Waals surface area contributed by atoms with Gasteiger partial charge < -0.3 is 10.4 Å². The number of hydrogen-bond acceptors (Lipinski definition) is 2. The minimum atomic E-state index is -1.22. The van der Waals surface area contributed by atoms with Crippen LogP contribution in [0.4, 0.5) is 13.2 Å². The summed E-state index contributed by atoms with van der Waals surface area (Å²) in [5.74, 6) is -4.13. The highest BCUT2D eigenvalue weighted by atomic mass is 19.2. The molecule has 0 aromatic heterocycles. The first-order valence-corrected chi connectivity index (χ1v) is 6.07. The van der Waals surface area contributed by atoms with Crippen molar-refractivity contribution in [3.8, 4) is 0 Å². The smallest absolute Gasteiger partial charge is 0.303 e. The lowest BCUT2D eigenvalue weighted by Gasteiger charge is -2.30. The molecule has 2 unspecified atom stereocenters. The number of carboxylic acids is 1. The monoisotopic (exact) mass is 273 g/mol. The zero-order valence-corrected chi connectivity index (χ0v) is 10.1. The van der Waals surface area contributed by atoms with E-state index >= 15 is 0 Å². The first kappa shape index (κ1) is 13.9. The summed E-state index contributed by atoms with van der Waals surface area (Å²) >= 11 is 0. The van der Waals surface area contributed by atoms with Crippen LogP contribution in [0.15, 0.2) is 12.1 Å². The number of carbonyl (C=O) groups is 1. The molecule has 2 N–H and O–H groups in total. The maximum absolute atomic E-state index is 13.6. The standard InChI is InChI=1S/C13H14F3NO2/c14-9-6-11(16)10(15)5-8(9)12-3-7(1-2-17-12)4-13(18)19/h5-7,12,17H,1-4H2,(H,18,19). The maximum atomic E-state index is 13.6. The molecule has 1 saturated heterocycles. The van der Waals surface area contributed by atoms with E-state index in [2.05, 4.69) is 5.32 Å². The molecule has 1 aliphatic heterocycles. The Morgan fingerprint density at radius 1 is 1.26 bits per heavy atom. The highest BCUT2D eigenvalue weighted by molar-refractivity contribution is 5.67. The summed E-state index contributed by atoms with van der Waals surface area (Å²) in [7, 11) is 0. The number of benzene rings is 1. The Bertz CT molecular complexity index is 493. The topological polar surface area (TPSA) is 49.3 Å². The predicted molar refractivity (Wildman–Crippen MR) is 62.0 cm³/mol. The number of nitrogens with one attached hydrogen (secondary N) is 1. The lowest BCUT2D eigenvalue weighted by atomic mass is 9.86. The van der Waals surface area contributed by atoms with Crippen LogP contribution in [0.2, 0.25) is 0 Å². The fourth-order valence-corrected chi connectivity index (χ4v) is 2.47. The molecule has 104 valence electrons. The van der Waals surface area contributed by atoms with Crippen LogP contribution in [0.1, 0.15) is 30.9 Å². The SMILES string of the molecule is O=C(O)CC1CCNC(c2cc(F)c(F)cc2F)C1. The Morgan fingerprint density at radius 3 is 2.63 bits per heavy atom. The molecule has 0 saturated carbocycles. The molecular formula is C13H14F3NO2. The Morgan fingerprint density at radius 2 is 1.95 bits per heavy atom. The van der Waals surface area contributed by atoms with Crippen molar-refractivity contribution >= 4 is 5.97 Å². The molecule has 6 heteroatoms. The van der Waals surface area contributed by atoms with E-state index in [0.29, 0.717) is 25.5 Å². The molecule has 1 fully saturated rings. The average Bonchev–Trinajstić information content (AvgIpc) is 2.33. The van der Waals surface area contributed by atoms with Crippen molar-refractivity contribution in [2.75, 3.05) is 6.54 Å². The van der Waals surface area contributed by atoms with Crippen LogP contribution in [0, 0.1) is 23.4 Å². The van der Waals surface area contributed by atoms with E-state index < -0.39 is 29.5 Å². The molecule has 2 atom stereocenters. The molecule has 0 bridgehead atoms. The Hall–Kier alpha value is -1.56. The summed E-state index contributed by atoms with van der Waals surface area (Å²) in [5.41, 5.74) is 0.0500. The average molecular weight is 273 g/mol. The third kappa shape index (κ3) is 3.26. The molecule has 2 rings (SSSR count). The van der Waals surface area contributed by atoms with E-state index in [1.807, 2.05) is 0 Å². The van der Waals surface area contributed by atoms with Gasteiger partial charge in [-0.1, -0.05) is 0 Å². The van der Waals surface area contributed by atoms with Crippen LogP contribution < -0.4 is 5.32 Å². The van der Waals surface area contributed by atoms with Crippen LogP contribution in [-0.4, -0.2) is 17.6 Å². The second-order valence-corrected chi connectivity index (χ2v) is 4.78. The van der Waals surface area contributed by atoms with Crippen molar-refractivity contribution in [2.45, 2.75) is 25.3 Å². The second-order valence-electron chi connectivity index (χ2n) is 4.78. The van der Waals surface area contributed by atoms with Gasteiger partial charge in [-0.3, -0.25) is 4.79 Å². The van der Waals surface area contributed by atoms with Gasteiger partial charge in [0.15, 0.2) is 11.6 Å². The van der Waals surface area contributed by atoms with Crippen molar-refractivity contribution in [3.63, 3.8) is 0 Å². The van der Waals surface area contributed by atoms with E-state index in [9.17, 15) is 18.0 Å². The van der Waals surface area contributed by atoms with E-state index in [-0.39, 0.29) is 17.9 Å². The summed E-state index contributed by atoms with van der Waals surface area (Å²) in [5, 5.41) is 11.8. The molecule has 0 radical (unpaired) electrons. The van der Waals surface area contributed by atoms with Crippen molar-refractivity contribution in [1.29, 1.82) is 0 Å². The number of rotatable bonds is 3. The van der Waals surface area contributed by atoms with E-state index in [4.69, 9.17) is 5.11 Å². The zero-order chi connectivity index (χ0) is 14.0. The minimum absolute atomic E-state index is 0.00345. The summed E-state index contributed by atoms with van der Waals surface area (Å²) in [6, 6.07) is 0.881. The van der Waals surface area contributed by atoms with Crippen LogP contribution in [-0.2, 0) is 4.79 Å². The van der Waals surface area contributed by atoms with Gasteiger partial charge in [-0.2, -0.15) is 0 Å². The number of carboxylic acid groups (broad SMARTS) is 1. The first-order chi connectivity index (χ1) is 8.97. The lowest BCUT2D eigenvalue weighted by molar-refractivity contribution is -0.138. The fraction of sp³-hybridized carbons (Fsp3) is 0.462. The lowest BCUT2D eigenvalue weighted by Crippen LogP contribution is -2.33. The van der Waals surface area contributed by atoms with Gasteiger partial charge in [0, 0.05) is 24.1 Å². The highest BCUT2D eigenvalue weighted by Gasteiger charge is 2.27.